The lowest BCUT2D eigenvalue weighted by Crippen LogP contribution is -2.18. The van der Waals surface area contributed by atoms with Gasteiger partial charge in [-0.25, -0.2) is 0 Å². The molecular weight excluding hydrogens is 186 g/mol. The van der Waals surface area contributed by atoms with Crippen molar-refractivity contribution >= 4 is 0 Å². The first-order valence-electron chi connectivity index (χ1n) is 5.18. The normalized spacial score (nSPS) is 17.7. The molecule has 3 N–H and O–H groups in total. The van der Waals surface area contributed by atoms with E-state index in [0.29, 0.717) is 0 Å². The van der Waals surface area contributed by atoms with E-state index in [4.69, 9.17) is 5.73 Å². The van der Waals surface area contributed by atoms with Crippen LogP contribution in [0.3, 0.4) is 0 Å². The van der Waals surface area contributed by atoms with Crippen LogP contribution in [0.4, 0.5) is 0 Å². The molecule has 3 rings (SSSR count). The average Bonchev–Trinajstić information content (AvgIpc) is 2.85. The van der Waals surface area contributed by atoms with Gasteiger partial charge in [-0.3, -0.25) is 5.10 Å². The fourth-order valence-electron chi connectivity index (χ4n) is 1.74. The summed E-state index contributed by atoms with van der Waals surface area (Å²) in [5.41, 5.74) is 9.12. The van der Waals surface area contributed by atoms with E-state index in [1.54, 1.807) is 0 Å². The summed E-state index contributed by atoms with van der Waals surface area (Å²) < 4.78 is 0. The smallest absolute Gasteiger partial charge is 0.0924 e. The molecule has 0 aliphatic heterocycles. The van der Waals surface area contributed by atoms with Crippen LogP contribution in [0.2, 0.25) is 0 Å². The fourth-order valence-corrected chi connectivity index (χ4v) is 1.74. The summed E-state index contributed by atoms with van der Waals surface area (Å²) >= 11 is 0. The highest BCUT2D eigenvalue weighted by Crippen LogP contribution is 2.42. The van der Waals surface area contributed by atoms with Crippen molar-refractivity contribution in [2.45, 2.75) is 18.4 Å². The quantitative estimate of drug-likeness (QED) is 0.777. The van der Waals surface area contributed by atoms with Crippen LogP contribution in [0.15, 0.2) is 36.4 Å². The second kappa shape index (κ2) is 2.94. The van der Waals surface area contributed by atoms with E-state index in [-0.39, 0.29) is 5.54 Å². The SMILES string of the molecule is NC1(c2cc(-c3ccccc3)n[nH]2)CC1. The summed E-state index contributed by atoms with van der Waals surface area (Å²) in [6.07, 6.45) is 2.12. The average molecular weight is 199 g/mol. The van der Waals surface area contributed by atoms with Gasteiger partial charge in [0.05, 0.1) is 16.9 Å². The van der Waals surface area contributed by atoms with Gasteiger partial charge in [0.15, 0.2) is 0 Å². The molecule has 15 heavy (non-hydrogen) atoms. The Kier molecular flexibility index (Phi) is 1.70. The predicted octanol–water partition coefficient (Wildman–Crippen LogP) is 2.02. The highest BCUT2D eigenvalue weighted by atomic mass is 15.1. The fraction of sp³-hybridized carbons (Fsp3) is 0.250. The third-order valence-electron chi connectivity index (χ3n) is 2.97. The predicted molar refractivity (Wildman–Crippen MR) is 59.1 cm³/mol. The molecule has 2 aromatic rings. The van der Waals surface area contributed by atoms with Gasteiger partial charge in [-0.15, -0.1) is 0 Å². The Hall–Kier alpha value is -1.61. The molecule has 1 saturated carbocycles. The van der Waals surface area contributed by atoms with Crippen LogP contribution in [-0.2, 0) is 5.54 Å². The number of aromatic amines is 1. The minimum absolute atomic E-state index is 0.125. The zero-order valence-corrected chi connectivity index (χ0v) is 8.40. The van der Waals surface area contributed by atoms with E-state index >= 15 is 0 Å². The number of hydrogen-bond donors (Lipinski definition) is 2. The first-order chi connectivity index (χ1) is 7.28. The Morgan fingerprint density at radius 3 is 2.60 bits per heavy atom. The number of nitrogens with zero attached hydrogens (tertiary/aromatic N) is 1. The van der Waals surface area contributed by atoms with Gasteiger partial charge in [0.25, 0.3) is 0 Å². The molecule has 1 aliphatic rings. The number of hydrogen-bond acceptors (Lipinski definition) is 2. The number of H-pyrrole nitrogens is 1. The van der Waals surface area contributed by atoms with E-state index in [0.717, 1.165) is 29.8 Å². The van der Waals surface area contributed by atoms with Crippen LogP contribution in [0.1, 0.15) is 18.5 Å². The van der Waals surface area contributed by atoms with Gasteiger partial charge in [0.2, 0.25) is 0 Å². The highest BCUT2D eigenvalue weighted by molar-refractivity contribution is 5.59. The Morgan fingerprint density at radius 2 is 1.93 bits per heavy atom. The van der Waals surface area contributed by atoms with Crippen molar-refractivity contribution in [2.24, 2.45) is 5.73 Å². The van der Waals surface area contributed by atoms with Crippen LogP contribution < -0.4 is 5.73 Å². The molecule has 1 aromatic heterocycles. The number of rotatable bonds is 2. The van der Waals surface area contributed by atoms with Gasteiger partial charge in [0, 0.05) is 5.56 Å². The topological polar surface area (TPSA) is 54.7 Å². The standard InChI is InChI=1S/C12H13N3/c13-12(6-7-12)11-8-10(14-15-11)9-4-2-1-3-5-9/h1-5,8H,6-7,13H2,(H,14,15). The minimum atomic E-state index is -0.125. The molecular formula is C12H13N3. The minimum Gasteiger partial charge on any atom is -0.320 e. The second-order valence-electron chi connectivity index (χ2n) is 4.19. The Balaban J connectivity index is 1.97. The monoisotopic (exact) mass is 199 g/mol. The van der Waals surface area contributed by atoms with Crippen molar-refractivity contribution in [3.63, 3.8) is 0 Å². The maximum Gasteiger partial charge on any atom is 0.0924 e. The van der Waals surface area contributed by atoms with Crippen LogP contribution >= 0.6 is 0 Å². The van der Waals surface area contributed by atoms with Gasteiger partial charge in [-0.1, -0.05) is 30.3 Å². The zero-order valence-electron chi connectivity index (χ0n) is 8.40. The van der Waals surface area contributed by atoms with Crippen LogP contribution in [0.25, 0.3) is 11.3 Å². The van der Waals surface area contributed by atoms with Crippen molar-refractivity contribution in [3.8, 4) is 11.3 Å². The van der Waals surface area contributed by atoms with Crippen LogP contribution in [0.5, 0.6) is 0 Å². The van der Waals surface area contributed by atoms with Gasteiger partial charge in [-0.05, 0) is 18.9 Å². The van der Waals surface area contributed by atoms with Gasteiger partial charge >= 0.3 is 0 Å². The molecule has 1 fully saturated rings. The zero-order chi connectivity index (χ0) is 10.3. The molecule has 76 valence electrons. The van der Waals surface area contributed by atoms with E-state index in [1.807, 2.05) is 18.2 Å². The molecule has 1 heterocycles. The number of aromatic nitrogens is 2. The lowest BCUT2D eigenvalue weighted by Gasteiger charge is -2.02. The van der Waals surface area contributed by atoms with Crippen LogP contribution in [0, 0.1) is 0 Å². The van der Waals surface area contributed by atoms with Crippen molar-refractivity contribution in [1.82, 2.24) is 10.2 Å². The van der Waals surface area contributed by atoms with Crippen molar-refractivity contribution in [1.29, 1.82) is 0 Å². The number of nitrogens with one attached hydrogen (secondary N) is 1. The summed E-state index contributed by atoms with van der Waals surface area (Å²) in [6.45, 7) is 0. The molecule has 0 spiro atoms. The molecule has 0 radical (unpaired) electrons. The van der Waals surface area contributed by atoms with Crippen molar-refractivity contribution in [2.75, 3.05) is 0 Å². The van der Waals surface area contributed by atoms with E-state index in [9.17, 15) is 0 Å². The molecule has 1 aromatic carbocycles. The summed E-state index contributed by atoms with van der Waals surface area (Å²) in [4.78, 5) is 0. The molecule has 0 bridgehead atoms. The lowest BCUT2D eigenvalue weighted by atomic mass is 10.1. The molecule has 0 saturated heterocycles. The summed E-state index contributed by atoms with van der Waals surface area (Å²) in [7, 11) is 0. The Bertz CT molecular complexity index is 469. The van der Waals surface area contributed by atoms with Gasteiger partial charge in [0.1, 0.15) is 0 Å². The maximum atomic E-state index is 6.09. The van der Waals surface area contributed by atoms with E-state index in [1.165, 1.54) is 0 Å². The first-order valence-corrected chi connectivity index (χ1v) is 5.18. The molecule has 0 unspecified atom stereocenters. The van der Waals surface area contributed by atoms with E-state index in [2.05, 4.69) is 28.4 Å². The van der Waals surface area contributed by atoms with Gasteiger partial charge < -0.3 is 5.73 Å². The highest BCUT2D eigenvalue weighted by Gasteiger charge is 2.41. The Morgan fingerprint density at radius 1 is 1.20 bits per heavy atom. The second-order valence-corrected chi connectivity index (χ2v) is 4.19. The molecule has 1 aliphatic carbocycles. The Labute approximate surface area is 88.3 Å². The third kappa shape index (κ3) is 1.45. The number of nitrogens with two attached hydrogens (primary N) is 1. The maximum absolute atomic E-state index is 6.09. The largest absolute Gasteiger partial charge is 0.320 e. The van der Waals surface area contributed by atoms with Crippen LogP contribution in [-0.4, -0.2) is 10.2 Å². The summed E-state index contributed by atoms with van der Waals surface area (Å²) in [5.74, 6) is 0. The summed E-state index contributed by atoms with van der Waals surface area (Å²) in [5, 5.41) is 7.32. The molecule has 0 amide bonds. The van der Waals surface area contributed by atoms with Crippen molar-refractivity contribution in [3.05, 3.63) is 42.1 Å². The van der Waals surface area contributed by atoms with E-state index < -0.39 is 0 Å². The third-order valence-corrected chi connectivity index (χ3v) is 2.97. The number of benzene rings is 1. The summed E-state index contributed by atoms with van der Waals surface area (Å²) in [6, 6.07) is 12.2. The lowest BCUT2D eigenvalue weighted by molar-refractivity contribution is 0.702. The van der Waals surface area contributed by atoms with Gasteiger partial charge in [-0.2, -0.15) is 5.10 Å². The van der Waals surface area contributed by atoms with Crippen molar-refractivity contribution < 1.29 is 0 Å². The molecule has 0 atom stereocenters. The molecule has 3 nitrogen and oxygen atoms in total. The first kappa shape index (κ1) is 8.68. The molecule has 3 heteroatoms.